The highest BCUT2D eigenvalue weighted by molar-refractivity contribution is 7.08. The van der Waals surface area contributed by atoms with Crippen LogP contribution in [0.1, 0.15) is 13.8 Å². The molecule has 78 valence electrons. The molecule has 1 aromatic carbocycles. The first-order valence-corrected chi connectivity index (χ1v) is 5.78. The van der Waals surface area contributed by atoms with E-state index in [1.165, 1.54) is 11.3 Å². The summed E-state index contributed by atoms with van der Waals surface area (Å²) in [5.74, 6) is 1.57. The van der Waals surface area contributed by atoms with E-state index in [0.29, 0.717) is 13.2 Å². The summed E-state index contributed by atoms with van der Waals surface area (Å²) in [6, 6.07) is 3.91. The Labute approximate surface area is 93.4 Å². The van der Waals surface area contributed by atoms with Crippen LogP contribution >= 0.6 is 11.3 Å². The lowest BCUT2D eigenvalue weighted by atomic mass is 10.2. The van der Waals surface area contributed by atoms with Crippen molar-refractivity contribution in [1.82, 2.24) is 0 Å². The first kappa shape index (κ1) is 10.3. The summed E-state index contributed by atoms with van der Waals surface area (Å²) < 4.78 is 11.0. The minimum absolute atomic E-state index is 0.638. The molecule has 0 amide bonds. The molecule has 0 N–H and O–H groups in total. The Morgan fingerprint density at radius 3 is 1.87 bits per heavy atom. The van der Waals surface area contributed by atoms with E-state index in [9.17, 15) is 0 Å². The van der Waals surface area contributed by atoms with Crippen molar-refractivity contribution in [3.63, 3.8) is 0 Å². The van der Waals surface area contributed by atoms with E-state index in [-0.39, 0.29) is 0 Å². The van der Waals surface area contributed by atoms with E-state index in [2.05, 4.69) is 10.8 Å². The summed E-state index contributed by atoms with van der Waals surface area (Å²) in [6.07, 6.45) is 0. The first-order chi connectivity index (χ1) is 7.35. The van der Waals surface area contributed by atoms with Crippen molar-refractivity contribution in [2.24, 2.45) is 0 Å². The highest BCUT2D eigenvalue weighted by Crippen LogP contribution is 2.33. The molecule has 15 heavy (non-hydrogen) atoms. The second-order valence-corrected chi connectivity index (χ2v) is 3.63. The third kappa shape index (κ3) is 2.07. The fourth-order valence-electron chi connectivity index (χ4n) is 1.40. The standard InChI is InChI=1S/C12H12O2S/c1-3-13-11-5-9-7-15-8-10(9)6-12(11)14-4-2/h5-6H,3-4H2,1-2H3. The molecule has 0 bridgehead atoms. The Balaban J connectivity index is 2.47. The molecule has 0 aliphatic heterocycles. The zero-order chi connectivity index (χ0) is 10.7. The number of rotatable bonds is 4. The zero-order valence-corrected chi connectivity index (χ0v) is 9.61. The van der Waals surface area contributed by atoms with Crippen molar-refractivity contribution in [1.29, 1.82) is 0 Å². The van der Waals surface area contributed by atoms with Crippen LogP contribution in [0.4, 0.5) is 0 Å². The molecule has 0 aliphatic rings. The summed E-state index contributed by atoms with van der Waals surface area (Å²) in [4.78, 5) is 0. The van der Waals surface area contributed by atoms with E-state index >= 15 is 0 Å². The van der Waals surface area contributed by atoms with Crippen LogP contribution in [0.15, 0.2) is 12.1 Å². The van der Waals surface area contributed by atoms with Gasteiger partial charge in [0, 0.05) is 10.8 Å². The van der Waals surface area contributed by atoms with Gasteiger partial charge < -0.3 is 9.47 Å². The number of hydrogen-bond donors (Lipinski definition) is 0. The maximum atomic E-state index is 5.51. The van der Waals surface area contributed by atoms with Crippen LogP contribution in [0.3, 0.4) is 0 Å². The molecule has 0 unspecified atom stereocenters. The van der Waals surface area contributed by atoms with Crippen LogP contribution in [-0.2, 0) is 0 Å². The molecule has 1 heterocycles. The molecular weight excluding hydrogens is 208 g/mol. The van der Waals surface area contributed by atoms with E-state index < -0.39 is 0 Å². The van der Waals surface area contributed by atoms with Crippen LogP contribution in [0.25, 0.3) is 10.8 Å². The molecule has 1 aromatic heterocycles. The van der Waals surface area contributed by atoms with Crippen molar-refractivity contribution in [2.75, 3.05) is 13.2 Å². The molecule has 2 nitrogen and oxygen atoms in total. The van der Waals surface area contributed by atoms with E-state index in [4.69, 9.17) is 9.47 Å². The molecule has 2 aromatic rings. The summed E-state index contributed by atoms with van der Waals surface area (Å²) in [5.41, 5.74) is 0. The van der Waals surface area contributed by atoms with Gasteiger partial charge in [0.1, 0.15) is 0 Å². The molecule has 0 fully saturated rings. The average molecular weight is 220 g/mol. The topological polar surface area (TPSA) is 18.5 Å². The normalized spacial score (nSPS) is 10.5. The smallest absolute Gasteiger partial charge is 0.161 e. The Hall–Kier alpha value is -1.22. The number of benzene rings is 1. The lowest BCUT2D eigenvalue weighted by Crippen LogP contribution is -1.97. The Morgan fingerprint density at radius 2 is 1.47 bits per heavy atom. The van der Waals surface area contributed by atoms with Crippen molar-refractivity contribution < 1.29 is 9.47 Å². The largest absolute Gasteiger partial charge is 0.490 e. The predicted octanol–water partition coefficient (Wildman–Crippen LogP) is 3.30. The Kier molecular flexibility index (Phi) is 3.11. The molecule has 0 atom stereocenters. The van der Waals surface area contributed by atoms with Crippen LogP contribution in [0.5, 0.6) is 11.5 Å². The van der Waals surface area contributed by atoms with Gasteiger partial charge in [0.05, 0.1) is 24.0 Å². The second kappa shape index (κ2) is 4.53. The second-order valence-electron chi connectivity index (χ2n) is 3.02. The van der Waals surface area contributed by atoms with Crippen molar-refractivity contribution in [2.45, 2.75) is 13.8 Å². The molecule has 2 radical (unpaired) electrons. The van der Waals surface area contributed by atoms with Gasteiger partial charge in [0.15, 0.2) is 11.5 Å². The number of hydrogen-bond acceptors (Lipinski definition) is 3. The highest BCUT2D eigenvalue weighted by atomic mass is 32.1. The summed E-state index contributed by atoms with van der Waals surface area (Å²) in [7, 11) is 0. The van der Waals surface area contributed by atoms with Crippen molar-refractivity contribution >= 4 is 22.1 Å². The number of fused-ring (bicyclic) bond motifs is 1. The van der Waals surface area contributed by atoms with E-state index in [0.717, 1.165) is 22.3 Å². The third-order valence-corrected chi connectivity index (χ3v) is 2.65. The third-order valence-electron chi connectivity index (χ3n) is 2.01. The van der Waals surface area contributed by atoms with Gasteiger partial charge in [-0.25, -0.2) is 0 Å². The van der Waals surface area contributed by atoms with Gasteiger partial charge in [-0.2, -0.15) is 0 Å². The Bertz CT molecular complexity index is 408. The first-order valence-electron chi connectivity index (χ1n) is 4.96. The minimum atomic E-state index is 0.638. The molecule has 2 rings (SSSR count). The van der Waals surface area contributed by atoms with Gasteiger partial charge in [0.25, 0.3) is 0 Å². The van der Waals surface area contributed by atoms with Gasteiger partial charge in [-0.05, 0) is 26.0 Å². The molecule has 0 aliphatic carbocycles. The molecular formula is C12H12O2S. The maximum absolute atomic E-state index is 5.51. The summed E-state index contributed by atoms with van der Waals surface area (Å²) in [6.45, 7) is 5.20. The molecule has 0 saturated carbocycles. The van der Waals surface area contributed by atoms with Gasteiger partial charge in [0.2, 0.25) is 0 Å². The monoisotopic (exact) mass is 220 g/mol. The fourth-order valence-corrected chi connectivity index (χ4v) is 2.01. The van der Waals surface area contributed by atoms with Crippen LogP contribution in [0, 0.1) is 10.8 Å². The lowest BCUT2D eigenvalue weighted by Gasteiger charge is -2.10. The SMILES string of the molecule is CCOc1cc2[c]s[c]c2cc1OCC. The van der Waals surface area contributed by atoms with E-state index in [1.54, 1.807) is 0 Å². The van der Waals surface area contributed by atoms with Crippen molar-refractivity contribution in [3.05, 3.63) is 22.9 Å². The zero-order valence-electron chi connectivity index (χ0n) is 8.79. The maximum Gasteiger partial charge on any atom is 0.161 e. The molecule has 0 spiro atoms. The average Bonchev–Trinajstić information content (AvgIpc) is 2.66. The summed E-state index contributed by atoms with van der Waals surface area (Å²) in [5, 5.41) is 8.34. The molecule has 3 heteroatoms. The lowest BCUT2D eigenvalue weighted by molar-refractivity contribution is 0.288. The van der Waals surface area contributed by atoms with Crippen molar-refractivity contribution in [3.8, 4) is 11.5 Å². The van der Waals surface area contributed by atoms with Crippen LogP contribution in [-0.4, -0.2) is 13.2 Å². The summed E-state index contributed by atoms with van der Waals surface area (Å²) >= 11 is 1.45. The Morgan fingerprint density at radius 1 is 1.00 bits per heavy atom. The van der Waals surface area contributed by atoms with E-state index in [1.807, 2.05) is 26.0 Å². The predicted molar refractivity (Wildman–Crippen MR) is 61.8 cm³/mol. The fraction of sp³-hybridized carbons (Fsp3) is 0.333. The minimum Gasteiger partial charge on any atom is -0.490 e. The van der Waals surface area contributed by atoms with Gasteiger partial charge in [-0.3, -0.25) is 0 Å². The number of thiophene rings is 1. The van der Waals surface area contributed by atoms with Gasteiger partial charge >= 0.3 is 0 Å². The van der Waals surface area contributed by atoms with Gasteiger partial charge in [-0.1, -0.05) is 0 Å². The molecule has 0 saturated heterocycles. The number of ether oxygens (including phenoxy) is 2. The quantitative estimate of drug-likeness (QED) is 0.787. The highest BCUT2D eigenvalue weighted by Gasteiger charge is 2.07. The van der Waals surface area contributed by atoms with Crippen LogP contribution < -0.4 is 9.47 Å². The van der Waals surface area contributed by atoms with Crippen LogP contribution in [0.2, 0.25) is 0 Å². The van der Waals surface area contributed by atoms with Gasteiger partial charge in [-0.15, -0.1) is 11.3 Å².